The lowest BCUT2D eigenvalue weighted by molar-refractivity contribution is -0.121. The average molecular weight is 372 g/mol. The molecular weight excluding hydrogens is 355 g/mol. The van der Waals surface area contributed by atoms with Crippen molar-refractivity contribution in [2.45, 2.75) is 13.8 Å². The summed E-state index contributed by atoms with van der Waals surface area (Å²) in [5, 5.41) is 3.24. The van der Waals surface area contributed by atoms with Crippen molar-refractivity contribution >= 4 is 46.0 Å². The highest BCUT2D eigenvalue weighted by molar-refractivity contribution is 8.26. The normalized spacial score (nSPS) is 16.0. The summed E-state index contributed by atoms with van der Waals surface area (Å²) >= 11 is 6.50. The van der Waals surface area contributed by atoms with E-state index in [9.17, 15) is 9.18 Å². The molecule has 6 heteroatoms. The lowest BCUT2D eigenvalue weighted by Crippen LogP contribution is -2.33. The van der Waals surface area contributed by atoms with Crippen molar-refractivity contribution in [3.8, 4) is 0 Å². The Morgan fingerprint density at radius 2 is 2.00 bits per heavy atom. The molecule has 1 fully saturated rings. The maximum absolute atomic E-state index is 13.8. The third-order valence-corrected chi connectivity index (χ3v) is 5.25. The van der Waals surface area contributed by atoms with E-state index in [1.165, 1.54) is 28.3 Å². The largest absolute Gasteiger partial charge is 0.367 e. The Kier molecular flexibility index (Phi) is 5.20. The molecule has 3 rings (SSSR count). The number of carbonyl (C=O) groups is 1. The highest BCUT2D eigenvalue weighted by Crippen LogP contribution is 2.33. The highest BCUT2D eigenvalue weighted by atomic mass is 32.2. The van der Waals surface area contributed by atoms with Crippen molar-refractivity contribution in [2.24, 2.45) is 0 Å². The van der Waals surface area contributed by atoms with Crippen LogP contribution in [0.3, 0.4) is 0 Å². The molecule has 1 aliphatic heterocycles. The van der Waals surface area contributed by atoms with Gasteiger partial charge in [-0.25, -0.2) is 4.39 Å². The van der Waals surface area contributed by atoms with Gasteiger partial charge in [-0.1, -0.05) is 59.9 Å². The Morgan fingerprint density at radius 1 is 1.24 bits per heavy atom. The van der Waals surface area contributed by atoms with E-state index in [1.54, 1.807) is 24.3 Å². The van der Waals surface area contributed by atoms with Gasteiger partial charge in [0.15, 0.2) is 0 Å². The van der Waals surface area contributed by atoms with Gasteiger partial charge in [-0.3, -0.25) is 9.69 Å². The topological polar surface area (TPSA) is 32.3 Å². The predicted molar refractivity (Wildman–Crippen MR) is 106 cm³/mol. The first-order valence-corrected chi connectivity index (χ1v) is 8.99. The number of hydrogen-bond donors (Lipinski definition) is 1. The first kappa shape index (κ1) is 17.6. The Bertz CT molecular complexity index is 879. The van der Waals surface area contributed by atoms with Gasteiger partial charge in [0, 0.05) is 11.3 Å². The summed E-state index contributed by atoms with van der Waals surface area (Å²) in [7, 11) is 0. The van der Waals surface area contributed by atoms with E-state index in [1.807, 2.05) is 26.0 Å². The third kappa shape index (κ3) is 3.91. The van der Waals surface area contributed by atoms with Gasteiger partial charge in [0.05, 0.1) is 11.6 Å². The van der Waals surface area contributed by atoms with E-state index in [-0.39, 0.29) is 18.4 Å². The van der Waals surface area contributed by atoms with Gasteiger partial charge in [-0.05, 0) is 37.6 Å². The number of halogens is 1. The number of nitrogens with zero attached hydrogens (tertiary/aromatic N) is 1. The van der Waals surface area contributed by atoms with Crippen LogP contribution in [0.1, 0.15) is 16.7 Å². The van der Waals surface area contributed by atoms with Crippen LogP contribution in [0.5, 0.6) is 0 Å². The number of amides is 1. The van der Waals surface area contributed by atoms with E-state index >= 15 is 0 Å². The standard InChI is InChI=1S/C19H17FN2OS2/c1-12-7-8-16(13(2)9-12)21-11-22-18(23)17(25-19(22)24)10-14-5-3-4-6-15(14)20/h3-10,21H,11H2,1-2H3/b17-10+. The summed E-state index contributed by atoms with van der Waals surface area (Å²) < 4.78 is 14.2. The Hall–Kier alpha value is -2.18. The number of rotatable bonds is 4. The van der Waals surface area contributed by atoms with Gasteiger partial charge in [0.2, 0.25) is 0 Å². The third-order valence-electron chi connectivity index (χ3n) is 3.87. The molecule has 0 saturated carbocycles. The van der Waals surface area contributed by atoms with Crippen LogP contribution < -0.4 is 5.32 Å². The molecule has 0 atom stereocenters. The number of benzene rings is 2. The summed E-state index contributed by atoms with van der Waals surface area (Å²) in [6.45, 7) is 4.33. The van der Waals surface area contributed by atoms with Crippen molar-refractivity contribution in [1.82, 2.24) is 4.90 Å². The van der Waals surface area contributed by atoms with Crippen LogP contribution in [0.4, 0.5) is 10.1 Å². The molecule has 1 heterocycles. The summed E-state index contributed by atoms with van der Waals surface area (Å²) in [4.78, 5) is 14.5. The van der Waals surface area contributed by atoms with E-state index in [0.29, 0.717) is 14.8 Å². The van der Waals surface area contributed by atoms with Gasteiger partial charge in [0.25, 0.3) is 5.91 Å². The molecule has 0 radical (unpaired) electrons. The first-order chi connectivity index (χ1) is 12.0. The molecular formula is C19H17FN2OS2. The molecule has 0 aliphatic carbocycles. The van der Waals surface area contributed by atoms with Crippen LogP contribution in [-0.4, -0.2) is 21.8 Å². The molecule has 128 valence electrons. The zero-order valence-electron chi connectivity index (χ0n) is 13.9. The van der Waals surface area contributed by atoms with Gasteiger partial charge in [0.1, 0.15) is 10.1 Å². The maximum Gasteiger partial charge on any atom is 0.267 e. The molecule has 0 bridgehead atoms. The quantitative estimate of drug-likeness (QED) is 0.622. The minimum Gasteiger partial charge on any atom is -0.367 e. The van der Waals surface area contributed by atoms with E-state index in [2.05, 4.69) is 11.4 Å². The number of anilines is 1. The van der Waals surface area contributed by atoms with Crippen LogP contribution in [0.2, 0.25) is 0 Å². The van der Waals surface area contributed by atoms with Crippen molar-refractivity contribution < 1.29 is 9.18 Å². The van der Waals surface area contributed by atoms with E-state index in [4.69, 9.17) is 12.2 Å². The molecule has 2 aromatic rings. The molecule has 1 aliphatic rings. The summed E-state index contributed by atoms with van der Waals surface area (Å²) in [6.07, 6.45) is 1.55. The number of nitrogens with one attached hydrogen (secondary N) is 1. The second-order valence-corrected chi connectivity index (χ2v) is 7.46. The van der Waals surface area contributed by atoms with Crippen LogP contribution in [0.15, 0.2) is 47.4 Å². The lowest BCUT2D eigenvalue weighted by atomic mass is 10.1. The number of hydrogen-bond acceptors (Lipinski definition) is 4. The molecule has 25 heavy (non-hydrogen) atoms. The molecule has 3 nitrogen and oxygen atoms in total. The number of thiocarbonyl (C=S) groups is 1. The second-order valence-electron chi connectivity index (χ2n) is 5.78. The van der Waals surface area contributed by atoms with Gasteiger partial charge in [-0.15, -0.1) is 0 Å². The van der Waals surface area contributed by atoms with Crippen LogP contribution >= 0.6 is 24.0 Å². The zero-order chi connectivity index (χ0) is 18.0. The molecule has 0 aromatic heterocycles. The lowest BCUT2D eigenvalue weighted by Gasteiger charge is -2.17. The van der Waals surface area contributed by atoms with Gasteiger partial charge >= 0.3 is 0 Å². The maximum atomic E-state index is 13.8. The fraction of sp³-hybridized carbons (Fsp3) is 0.158. The molecule has 0 spiro atoms. The number of thioether (sulfide) groups is 1. The Balaban J connectivity index is 1.74. The van der Waals surface area contributed by atoms with Crippen molar-refractivity contribution in [3.05, 3.63) is 69.9 Å². The van der Waals surface area contributed by atoms with E-state index < -0.39 is 0 Å². The van der Waals surface area contributed by atoms with E-state index in [0.717, 1.165) is 11.3 Å². The van der Waals surface area contributed by atoms with Crippen molar-refractivity contribution in [3.63, 3.8) is 0 Å². The SMILES string of the molecule is Cc1ccc(NCN2C(=O)/C(=C\c3ccccc3F)SC2=S)c(C)c1. The summed E-state index contributed by atoms with van der Waals surface area (Å²) in [6, 6.07) is 12.4. The molecule has 1 saturated heterocycles. The van der Waals surface area contributed by atoms with Crippen molar-refractivity contribution in [1.29, 1.82) is 0 Å². The fourth-order valence-corrected chi connectivity index (χ4v) is 3.79. The molecule has 0 unspecified atom stereocenters. The van der Waals surface area contributed by atoms with Gasteiger partial charge in [-0.2, -0.15) is 0 Å². The minimum atomic E-state index is -0.360. The summed E-state index contributed by atoms with van der Waals surface area (Å²) in [5.41, 5.74) is 3.62. The minimum absolute atomic E-state index is 0.212. The fourth-order valence-electron chi connectivity index (χ4n) is 2.55. The molecule has 1 amide bonds. The monoisotopic (exact) mass is 372 g/mol. The smallest absolute Gasteiger partial charge is 0.267 e. The summed E-state index contributed by atoms with van der Waals surface area (Å²) in [5.74, 6) is -0.573. The molecule has 1 N–H and O–H groups in total. The number of carbonyl (C=O) groups excluding carboxylic acids is 1. The van der Waals surface area contributed by atoms with Gasteiger partial charge < -0.3 is 5.32 Å². The Labute approximate surface area is 155 Å². The van der Waals surface area contributed by atoms with Crippen molar-refractivity contribution in [2.75, 3.05) is 12.0 Å². The average Bonchev–Trinajstić information content (AvgIpc) is 2.83. The molecule has 2 aromatic carbocycles. The highest BCUT2D eigenvalue weighted by Gasteiger charge is 2.32. The second kappa shape index (κ2) is 7.37. The van der Waals surface area contributed by atoms with Crippen LogP contribution in [0.25, 0.3) is 6.08 Å². The number of aryl methyl sites for hydroxylation is 2. The zero-order valence-corrected chi connectivity index (χ0v) is 15.5. The Morgan fingerprint density at radius 3 is 2.72 bits per heavy atom. The van der Waals surface area contributed by atoms with Crippen LogP contribution in [-0.2, 0) is 4.79 Å². The first-order valence-electron chi connectivity index (χ1n) is 7.77. The predicted octanol–water partition coefficient (Wildman–Crippen LogP) is 4.71. The van der Waals surface area contributed by atoms with Crippen LogP contribution in [0, 0.1) is 19.7 Å².